The van der Waals surface area contributed by atoms with E-state index in [9.17, 15) is 0 Å². The van der Waals surface area contributed by atoms with Gasteiger partial charge in [-0.15, -0.1) is 0 Å². The summed E-state index contributed by atoms with van der Waals surface area (Å²) in [6.45, 7) is 6.93. The van der Waals surface area contributed by atoms with Crippen LogP contribution < -0.4 is 5.32 Å². The normalized spacial score (nSPS) is 30.6. The molecule has 1 heteroatoms. The first-order chi connectivity index (χ1) is 6.65. The molecule has 0 saturated heterocycles. The summed E-state index contributed by atoms with van der Waals surface area (Å²) in [6.07, 6.45) is 2.38. The lowest BCUT2D eigenvalue weighted by molar-refractivity contribution is 0.323. The number of benzene rings is 1. The number of anilines is 1. The minimum Gasteiger partial charge on any atom is -0.379 e. The van der Waals surface area contributed by atoms with Gasteiger partial charge in [0, 0.05) is 11.2 Å². The lowest BCUT2D eigenvalue weighted by Crippen LogP contribution is -2.44. The molecule has 2 rings (SSSR count). The highest BCUT2D eigenvalue weighted by molar-refractivity contribution is 5.55. The van der Waals surface area contributed by atoms with E-state index in [-0.39, 0.29) is 5.54 Å². The summed E-state index contributed by atoms with van der Waals surface area (Å²) in [5.74, 6) is 0.711. The summed E-state index contributed by atoms with van der Waals surface area (Å²) < 4.78 is 0. The van der Waals surface area contributed by atoms with Crippen molar-refractivity contribution in [3.05, 3.63) is 29.8 Å². The minimum absolute atomic E-state index is 0.272. The van der Waals surface area contributed by atoms with Gasteiger partial charge in [-0.1, -0.05) is 32.0 Å². The van der Waals surface area contributed by atoms with Crippen LogP contribution in [-0.2, 0) is 6.42 Å². The summed E-state index contributed by atoms with van der Waals surface area (Å²) in [7, 11) is 0. The van der Waals surface area contributed by atoms with Gasteiger partial charge in [0.1, 0.15) is 0 Å². The van der Waals surface area contributed by atoms with Gasteiger partial charge in [0.25, 0.3) is 0 Å². The number of fused-ring (bicyclic) bond motifs is 1. The largest absolute Gasteiger partial charge is 0.379 e. The van der Waals surface area contributed by atoms with Crippen molar-refractivity contribution in [1.29, 1.82) is 0 Å². The van der Waals surface area contributed by atoms with Crippen molar-refractivity contribution in [3.63, 3.8) is 0 Å². The van der Waals surface area contributed by atoms with Gasteiger partial charge in [0.15, 0.2) is 0 Å². The van der Waals surface area contributed by atoms with Crippen molar-refractivity contribution in [2.75, 3.05) is 5.32 Å². The third-order valence-corrected chi connectivity index (χ3v) is 3.79. The van der Waals surface area contributed by atoms with Crippen LogP contribution in [-0.4, -0.2) is 5.54 Å². The van der Waals surface area contributed by atoms with E-state index in [0.29, 0.717) is 5.92 Å². The van der Waals surface area contributed by atoms with Crippen molar-refractivity contribution < 1.29 is 0 Å². The van der Waals surface area contributed by atoms with E-state index < -0.39 is 0 Å². The molecule has 0 saturated carbocycles. The highest BCUT2D eigenvalue weighted by atomic mass is 15.0. The number of hydrogen-bond donors (Lipinski definition) is 1. The van der Waals surface area contributed by atoms with Gasteiger partial charge in [0.2, 0.25) is 0 Å². The molecule has 14 heavy (non-hydrogen) atoms. The number of rotatable bonds is 1. The Kier molecular flexibility index (Phi) is 2.26. The van der Waals surface area contributed by atoms with Crippen molar-refractivity contribution in [2.24, 2.45) is 5.92 Å². The Morgan fingerprint density at radius 2 is 2.14 bits per heavy atom. The third kappa shape index (κ3) is 1.41. The number of para-hydroxylation sites is 1. The molecule has 0 spiro atoms. The van der Waals surface area contributed by atoms with E-state index in [4.69, 9.17) is 0 Å². The van der Waals surface area contributed by atoms with Crippen LogP contribution in [0.15, 0.2) is 24.3 Å². The Morgan fingerprint density at radius 3 is 2.86 bits per heavy atom. The molecule has 0 aromatic heterocycles. The topological polar surface area (TPSA) is 12.0 Å². The van der Waals surface area contributed by atoms with Gasteiger partial charge in [0.05, 0.1) is 0 Å². The van der Waals surface area contributed by atoms with Gasteiger partial charge < -0.3 is 5.32 Å². The Hall–Kier alpha value is -0.980. The van der Waals surface area contributed by atoms with Gasteiger partial charge in [-0.05, 0) is 37.3 Å². The monoisotopic (exact) mass is 189 g/mol. The molecule has 1 N–H and O–H groups in total. The quantitative estimate of drug-likeness (QED) is 0.713. The Labute approximate surface area is 86.5 Å². The molecule has 1 aromatic carbocycles. The van der Waals surface area contributed by atoms with E-state index in [1.165, 1.54) is 24.1 Å². The summed E-state index contributed by atoms with van der Waals surface area (Å²) in [5.41, 5.74) is 3.06. The standard InChI is InChI=1S/C13H19N/c1-4-13(3)10(2)9-11-7-5-6-8-12(11)14-13/h5-8,10,14H,4,9H2,1-3H3. The van der Waals surface area contributed by atoms with Crippen LogP contribution in [0.25, 0.3) is 0 Å². The second-order valence-electron chi connectivity index (χ2n) is 4.66. The maximum Gasteiger partial charge on any atom is 0.0377 e. The second-order valence-corrected chi connectivity index (χ2v) is 4.66. The maximum atomic E-state index is 3.67. The molecular formula is C13H19N. The van der Waals surface area contributed by atoms with Gasteiger partial charge in [-0.3, -0.25) is 0 Å². The van der Waals surface area contributed by atoms with Gasteiger partial charge in [-0.2, -0.15) is 0 Å². The molecule has 0 aliphatic carbocycles. The van der Waals surface area contributed by atoms with Crippen LogP contribution in [0, 0.1) is 5.92 Å². The first-order valence-electron chi connectivity index (χ1n) is 5.52. The van der Waals surface area contributed by atoms with E-state index in [1.54, 1.807) is 0 Å². The fourth-order valence-electron chi connectivity index (χ4n) is 2.24. The molecule has 0 radical (unpaired) electrons. The average molecular weight is 189 g/mol. The summed E-state index contributed by atoms with van der Waals surface area (Å²) >= 11 is 0. The first-order valence-corrected chi connectivity index (χ1v) is 5.52. The molecule has 76 valence electrons. The molecule has 0 bridgehead atoms. The third-order valence-electron chi connectivity index (χ3n) is 3.79. The fraction of sp³-hybridized carbons (Fsp3) is 0.538. The SMILES string of the molecule is CCC1(C)Nc2ccccc2CC1C. The number of nitrogens with one attached hydrogen (secondary N) is 1. The summed E-state index contributed by atoms with van der Waals surface area (Å²) in [4.78, 5) is 0. The number of hydrogen-bond acceptors (Lipinski definition) is 1. The van der Waals surface area contributed by atoms with E-state index >= 15 is 0 Å². The zero-order valence-corrected chi connectivity index (χ0v) is 9.30. The average Bonchev–Trinajstić information content (AvgIpc) is 2.20. The Morgan fingerprint density at radius 1 is 1.43 bits per heavy atom. The van der Waals surface area contributed by atoms with Crippen LogP contribution >= 0.6 is 0 Å². The smallest absolute Gasteiger partial charge is 0.0377 e. The van der Waals surface area contributed by atoms with Crippen LogP contribution in [0.5, 0.6) is 0 Å². The van der Waals surface area contributed by atoms with Crippen molar-refractivity contribution in [2.45, 2.75) is 39.2 Å². The molecule has 1 nitrogen and oxygen atoms in total. The van der Waals surface area contributed by atoms with Crippen LogP contribution in [0.3, 0.4) is 0 Å². The Balaban J connectivity index is 2.36. The van der Waals surface area contributed by atoms with E-state index in [2.05, 4.69) is 50.4 Å². The van der Waals surface area contributed by atoms with Gasteiger partial charge in [-0.25, -0.2) is 0 Å². The fourth-order valence-corrected chi connectivity index (χ4v) is 2.24. The van der Waals surface area contributed by atoms with Gasteiger partial charge >= 0.3 is 0 Å². The van der Waals surface area contributed by atoms with E-state index in [0.717, 1.165) is 0 Å². The molecule has 2 atom stereocenters. The molecule has 1 heterocycles. The van der Waals surface area contributed by atoms with Crippen molar-refractivity contribution in [3.8, 4) is 0 Å². The second kappa shape index (κ2) is 3.30. The maximum absolute atomic E-state index is 3.67. The molecule has 1 aliphatic heterocycles. The van der Waals surface area contributed by atoms with Crippen LogP contribution in [0.2, 0.25) is 0 Å². The molecule has 1 aliphatic rings. The predicted molar refractivity (Wildman–Crippen MR) is 61.6 cm³/mol. The molecular weight excluding hydrogens is 170 g/mol. The highest BCUT2D eigenvalue weighted by Gasteiger charge is 2.33. The highest BCUT2D eigenvalue weighted by Crippen LogP contribution is 2.36. The van der Waals surface area contributed by atoms with E-state index in [1.807, 2.05) is 0 Å². The molecule has 1 aromatic rings. The van der Waals surface area contributed by atoms with Crippen molar-refractivity contribution >= 4 is 5.69 Å². The van der Waals surface area contributed by atoms with Crippen LogP contribution in [0.1, 0.15) is 32.8 Å². The van der Waals surface area contributed by atoms with Crippen LogP contribution in [0.4, 0.5) is 5.69 Å². The molecule has 0 fully saturated rings. The first kappa shape index (κ1) is 9.57. The molecule has 0 amide bonds. The molecule has 2 unspecified atom stereocenters. The summed E-state index contributed by atoms with van der Waals surface area (Å²) in [6, 6.07) is 8.66. The predicted octanol–water partition coefficient (Wildman–Crippen LogP) is 3.46. The lowest BCUT2D eigenvalue weighted by Gasteiger charge is -2.42. The summed E-state index contributed by atoms with van der Waals surface area (Å²) in [5, 5.41) is 3.67. The zero-order chi connectivity index (χ0) is 10.2. The minimum atomic E-state index is 0.272. The Bertz CT molecular complexity index is 332. The van der Waals surface area contributed by atoms with Crippen molar-refractivity contribution in [1.82, 2.24) is 0 Å². The zero-order valence-electron chi connectivity index (χ0n) is 9.30. The lowest BCUT2D eigenvalue weighted by atomic mass is 9.77.